The van der Waals surface area contributed by atoms with Gasteiger partial charge >= 0.3 is 13.7 Å². The Bertz CT molecular complexity index is 1870. The highest BCUT2D eigenvalue weighted by molar-refractivity contribution is 7.52. The van der Waals surface area contributed by atoms with Crippen LogP contribution < -0.4 is 15.3 Å². The van der Waals surface area contributed by atoms with Gasteiger partial charge in [0.05, 0.1) is 12.9 Å². The average Bonchev–Trinajstić information content (AvgIpc) is 3.64. The maximum atomic E-state index is 14.6. The lowest BCUT2D eigenvalue weighted by atomic mass is 10.1. The fourth-order valence-electron chi connectivity index (χ4n) is 5.07. The van der Waals surface area contributed by atoms with Gasteiger partial charge < -0.3 is 24.8 Å². The number of imidazole rings is 1. The van der Waals surface area contributed by atoms with Crippen molar-refractivity contribution in [2.75, 3.05) is 12.3 Å². The van der Waals surface area contributed by atoms with Crippen LogP contribution in [0.1, 0.15) is 25.1 Å². The maximum absolute atomic E-state index is 14.6. The van der Waals surface area contributed by atoms with E-state index >= 15 is 0 Å². The summed E-state index contributed by atoms with van der Waals surface area (Å²) in [6, 6.07) is 20.8. The molecule has 4 N–H and O–H groups in total. The number of nitrogens with zero attached hydrogens (tertiary/aromatic N) is 4. The Kier molecular flexibility index (Phi) is 8.99. The van der Waals surface area contributed by atoms with Crippen molar-refractivity contribution >= 4 is 53.1 Å². The molecule has 45 heavy (non-hydrogen) atoms. The van der Waals surface area contributed by atoms with Crippen molar-refractivity contribution in [3.63, 3.8) is 0 Å². The Labute approximate surface area is 262 Å². The molecule has 0 bridgehead atoms. The number of ether oxygens (including phenoxy) is 2. The Morgan fingerprint density at radius 3 is 2.71 bits per heavy atom. The van der Waals surface area contributed by atoms with E-state index in [1.54, 1.807) is 16.7 Å². The third kappa shape index (κ3) is 6.79. The second-order valence-electron chi connectivity index (χ2n) is 10.4. The van der Waals surface area contributed by atoms with Gasteiger partial charge in [-0.05, 0) is 35.5 Å². The molecule has 0 aliphatic carbocycles. The molecule has 0 amide bonds. The number of aliphatic hydroxyl groups excluding tert-OH is 1. The third-order valence-electron chi connectivity index (χ3n) is 7.26. The van der Waals surface area contributed by atoms with Crippen molar-refractivity contribution in [2.45, 2.75) is 44.4 Å². The molecule has 1 saturated heterocycles. The Balaban J connectivity index is 1.26. The van der Waals surface area contributed by atoms with Crippen LogP contribution in [0.3, 0.4) is 0 Å². The minimum atomic E-state index is -4.35. The Morgan fingerprint density at radius 2 is 1.91 bits per heavy atom. The highest BCUT2D eigenvalue weighted by Crippen LogP contribution is 2.50. The monoisotopic (exact) mass is 652 g/mol. The lowest BCUT2D eigenvalue weighted by Crippen LogP contribution is -2.37. The number of aliphatic hydroxyl groups is 1. The van der Waals surface area contributed by atoms with E-state index in [-0.39, 0.29) is 29.9 Å². The first-order valence-corrected chi connectivity index (χ1v) is 16.0. The summed E-state index contributed by atoms with van der Waals surface area (Å²) in [5.41, 5.74) is 7.39. The fourth-order valence-corrected chi connectivity index (χ4v) is 6.98. The summed E-state index contributed by atoms with van der Waals surface area (Å²) in [4.78, 5) is 25.4. The second-order valence-corrected chi connectivity index (χ2v) is 12.4. The van der Waals surface area contributed by atoms with Crippen molar-refractivity contribution in [3.8, 4) is 5.75 Å². The number of hydrogen-bond donors (Lipinski definition) is 3. The highest BCUT2D eigenvalue weighted by Gasteiger charge is 2.44. The number of nitrogen functional groups attached to an aromatic ring is 1. The molecule has 2 aromatic heterocycles. The van der Waals surface area contributed by atoms with E-state index in [1.165, 1.54) is 13.3 Å². The molecule has 5 atom stereocenters. The van der Waals surface area contributed by atoms with Gasteiger partial charge in [0.25, 0.3) is 0 Å². The first-order chi connectivity index (χ1) is 21.7. The highest BCUT2D eigenvalue weighted by atomic mass is 35.5. The van der Waals surface area contributed by atoms with Gasteiger partial charge in [0.2, 0.25) is 5.28 Å². The number of benzene rings is 3. The number of halogens is 1. The van der Waals surface area contributed by atoms with E-state index in [9.17, 15) is 14.5 Å². The smallest absolute Gasteiger partial charge is 0.459 e. The average molecular weight is 653 g/mol. The molecular weight excluding hydrogens is 623 g/mol. The topological polar surface area (TPSA) is 173 Å². The van der Waals surface area contributed by atoms with Gasteiger partial charge in [-0.25, -0.2) is 9.55 Å². The summed E-state index contributed by atoms with van der Waals surface area (Å²) in [5, 5.41) is 14.4. The van der Waals surface area contributed by atoms with Crippen molar-refractivity contribution in [2.24, 2.45) is 0 Å². The van der Waals surface area contributed by atoms with Crippen LogP contribution in [-0.4, -0.2) is 55.5 Å². The van der Waals surface area contributed by atoms with E-state index in [2.05, 4.69) is 20.0 Å². The molecule has 1 fully saturated rings. The molecular formula is C30H30ClN6O7P. The first-order valence-electron chi connectivity index (χ1n) is 14.1. The number of esters is 1. The van der Waals surface area contributed by atoms with Gasteiger partial charge in [0, 0.05) is 11.8 Å². The molecule has 15 heteroatoms. The fraction of sp³-hybridized carbons (Fsp3) is 0.267. The second kappa shape index (κ2) is 13.1. The number of hydrogen-bond acceptors (Lipinski definition) is 11. The minimum absolute atomic E-state index is 0.0305. The maximum Gasteiger partial charge on any atom is 0.459 e. The SMILES string of the molecule is C[C@H](NP(=O)(Oc1cccc2ccccc12)OC1C[C@H](n2cnc3c(N)nc(Cl)nc32)O[C@@H]1CO)C(=O)OCc1ccccc1. The van der Waals surface area contributed by atoms with Gasteiger partial charge in [-0.3, -0.25) is 13.9 Å². The van der Waals surface area contributed by atoms with E-state index in [0.29, 0.717) is 16.6 Å². The summed E-state index contributed by atoms with van der Waals surface area (Å²) in [5.74, 6) is -0.298. The summed E-state index contributed by atoms with van der Waals surface area (Å²) < 4.78 is 39.9. The summed E-state index contributed by atoms with van der Waals surface area (Å²) in [6.07, 6.45) is -1.05. The van der Waals surface area contributed by atoms with Crippen LogP contribution in [0.2, 0.25) is 5.28 Å². The first kappa shape index (κ1) is 30.9. The molecule has 1 aliphatic heterocycles. The number of aromatic nitrogens is 4. The summed E-state index contributed by atoms with van der Waals surface area (Å²) in [7, 11) is -4.35. The molecule has 0 saturated carbocycles. The number of nitrogens with two attached hydrogens (primary N) is 1. The van der Waals surface area contributed by atoms with Gasteiger partial charge in [-0.2, -0.15) is 15.1 Å². The van der Waals surface area contributed by atoms with Gasteiger partial charge in [0.1, 0.15) is 42.4 Å². The van der Waals surface area contributed by atoms with Gasteiger partial charge in [0.15, 0.2) is 11.5 Å². The van der Waals surface area contributed by atoms with Crippen LogP contribution >= 0.6 is 19.3 Å². The van der Waals surface area contributed by atoms with Crippen molar-refractivity contribution in [1.82, 2.24) is 24.6 Å². The number of carbonyl (C=O) groups excluding carboxylic acids is 1. The van der Waals surface area contributed by atoms with Crippen LogP contribution in [0.4, 0.5) is 5.82 Å². The van der Waals surface area contributed by atoms with Crippen molar-refractivity contribution in [3.05, 3.63) is 90.0 Å². The van der Waals surface area contributed by atoms with E-state index < -0.39 is 44.8 Å². The molecule has 234 valence electrons. The lowest BCUT2D eigenvalue weighted by molar-refractivity contribution is -0.146. The van der Waals surface area contributed by atoms with E-state index in [1.807, 2.05) is 60.7 Å². The number of rotatable bonds is 11. The predicted molar refractivity (Wildman–Crippen MR) is 166 cm³/mol. The molecule has 3 heterocycles. The number of nitrogens with one attached hydrogen (secondary N) is 1. The third-order valence-corrected chi connectivity index (χ3v) is 9.12. The van der Waals surface area contributed by atoms with E-state index in [4.69, 9.17) is 35.9 Å². The zero-order valence-corrected chi connectivity index (χ0v) is 25.7. The molecule has 3 aromatic carbocycles. The van der Waals surface area contributed by atoms with Crippen LogP contribution in [0.25, 0.3) is 21.9 Å². The summed E-state index contributed by atoms with van der Waals surface area (Å²) in [6.45, 7) is 1.07. The van der Waals surface area contributed by atoms with Crippen LogP contribution in [-0.2, 0) is 30.0 Å². The molecule has 0 spiro atoms. The molecule has 2 unspecified atom stereocenters. The van der Waals surface area contributed by atoms with Crippen LogP contribution in [0.15, 0.2) is 79.1 Å². The molecule has 1 aliphatic rings. The Morgan fingerprint density at radius 1 is 1.16 bits per heavy atom. The number of fused-ring (bicyclic) bond motifs is 2. The standard InChI is InChI=1S/C30H30ClN6O7P/c1-18(29(39)41-16-19-8-3-2-4-9-19)36-45(40,43-22-13-7-11-20-10-5-6-12-21(20)22)44-23-14-25(42-24(23)15-38)37-17-33-26-27(32)34-30(31)35-28(26)37/h2-13,17-18,23-25,38H,14-16H2,1H3,(H,36,40)(H2,32,34,35)/t18-,23?,24+,25+,45?/m0/s1. The zero-order valence-electron chi connectivity index (χ0n) is 24.0. The normalized spacial score (nSPS) is 20.2. The zero-order chi connectivity index (χ0) is 31.6. The van der Waals surface area contributed by atoms with Crippen LogP contribution in [0, 0.1) is 0 Å². The molecule has 13 nitrogen and oxygen atoms in total. The Hall–Kier alpha value is -4.10. The van der Waals surface area contributed by atoms with E-state index in [0.717, 1.165) is 10.9 Å². The lowest BCUT2D eigenvalue weighted by Gasteiger charge is -2.27. The molecule has 5 aromatic rings. The minimum Gasteiger partial charge on any atom is -0.460 e. The quantitative estimate of drug-likeness (QED) is 0.101. The van der Waals surface area contributed by atoms with Crippen LogP contribution in [0.5, 0.6) is 5.75 Å². The van der Waals surface area contributed by atoms with Gasteiger partial charge in [-0.1, -0.05) is 66.7 Å². The van der Waals surface area contributed by atoms with Gasteiger partial charge in [-0.15, -0.1) is 0 Å². The number of anilines is 1. The number of carbonyl (C=O) groups is 1. The summed E-state index contributed by atoms with van der Waals surface area (Å²) >= 11 is 6.03. The molecule has 6 rings (SSSR count). The molecule has 0 radical (unpaired) electrons. The van der Waals surface area contributed by atoms with Crippen molar-refractivity contribution < 1.29 is 33.0 Å². The van der Waals surface area contributed by atoms with Crippen molar-refractivity contribution in [1.29, 1.82) is 0 Å². The predicted octanol–water partition coefficient (Wildman–Crippen LogP) is 4.79. The largest absolute Gasteiger partial charge is 0.460 e.